The number of nitriles is 1. The normalized spacial score (nSPS) is 16.9. The molecule has 0 fully saturated rings. The number of amidine groups is 1. The maximum atomic E-state index is 8.47. The molecule has 0 amide bonds. The van der Waals surface area contributed by atoms with E-state index >= 15 is 0 Å². The van der Waals surface area contributed by atoms with Crippen LogP contribution in [-0.4, -0.2) is 29.9 Å². The van der Waals surface area contributed by atoms with Crippen molar-refractivity contribution in [2.75, 3.05) is 13.1 Å². The molecule has 0 unspecified atom stereocenters. The van der Waals surface area contributed by atoms with E-state index in [-0.39, 0.29) is 0 Å². The lowest BCUT2D eigenvalue weighted by Crippen LogP contribution is -2.33. The van der Waals surface area contributed by atoms with E-state index in [0.29, 0.717) is 12.5 Å². The first kappa shape index (κ1) is 8.06. The molecule has 1 aliphatic rings. The van der Waals surface area contributed by atoms with Crippen LogP contribution in [-0.2, 0) is 0 Å². The minimum absolute atomic E-state index is 0.457. The summed E-state index contributed by atoms with van der Waals surface area (Å²) in [4.78, 5) is 6.43. The molecule has 60 valence electrons. The van der Waals surface area contributed by atoms with Crippen LogP contribution in [0.3, 0.4) is 0 Å². The van der Waals surface area contributed by atoms with Crippen LogP contribution >= 0.6 is 0 Å². The van der Waals surface area contributed by atoms with E-state index in [1.54, 1.807) is 0 Å². The molecule has 0 aromatic carbocycles. The van der Waals surface area contributed by atoms with Gasteiger partial charge in [0, 0.05) is 12.6 Å². The summed E-state index contributed by atoms with van der Waals surface area (Å²) in [6.07, 6.45) is 0.457. The van der Waals surface area contributed by atoms with Crippen LogP contribution in [0.15, 0.2) is 4.99 Å². The zero-order chi connectivity index (χ0) is 8.27. The summed E-state index contributed by atoms with van der Waals surface area (Å²) in [6.45, 7) is 6.08. The third-order valence-electron chi connectivity index (χ3n) is 1.83. The molecule has 1 heterocycles. The second-order valence-electron chi connectivity index (χ2n) is 2.92. The molecular formula is C8H13N3. The van der Waals surface area contributed by atoms with E-state index in [1.807, 2.05) is 0 Å². The van der Waals surface area contributed by atoms with Gasteiger partial charge in [0.25, 0.3) is 0 Å². The van der Waals surface area contributed by atoms with E-state index in [9.17, 15) is 0 Å². The maximum absolute atomic E-state index is 8.47. The van der Waals surface area contributed by atoms with E-state index in [1.165, 1.54) is 0 Å². The average molecular weight is 151 g/mol. The molecule has 0 N–H and O–H groups in total. The Morgan fingerprint density at radius 3 is 3.00 bits per heavy atom. The molecule has 0 spiro atoms. The molecule has 0 aromatic heterocycles. The van der Waals surface area contributed by atoms with Crippen LogP contribution in [0.2, 0.25) is 0 Å². The highest BCUT2D eigenvalue weighted by Gasteiger charge is 2.18. The second kappa shape index (κ2) is 3.38. The molecule has 0 aliphatic carbocycles. The first-order valence-corrected chi connectivity index (χ1v) is 3.92. The van der Waals surface area contributed by atoms with Crippen molar-refractivity contribution in [1.29, 1.82) is 5.26 Å². The van der Waals surface area contributed by atoms with Crippen molar-refractivity contribution in [3.8, 4) is 6.07 Å². The molecule has 0 atom stereocenters. The van der Waals surface area contributed by atoms with Gasteiger partial charge in [-0.1, -0.05) is 0 Å². The van der Waals surface area contributed by atoms with Crippen LogP contribution in [0.25, 0.3) is 0 Å². The molecule has 1 rings (SSSR count). The Morgan fingerprint density at radius 2 is 2.45 bits per heavy atom. The Balaban J connectivity index is 2.57. The van der Waals surface area contributed by atoms with Crippen LogP contribution in [0.1, 0.15) is 20.3 Å². The fraction of sp³-hybridized carbons (Fsp3) is 0.750. The molecule has 11 heavy (non-hydrogen) atoms. The zero-order valence-corrected chi connectivity index (χ0v) is 7.04. The standard InChI is InChI=1S/C8H13N3/c1-7(2)11-6-5-10-8(11)3-4-9/h7H,3,5-6H2,1-2H3. The topological polar surface area (TPSA) is 39.4 Å². The van der Waals surface area contributed by atoms with Crippen molar-refractivity contribution >= 4 is 5.84 Å². The Kier molecular flexibility index (Phi) is 2.48. The Bertz CT molecular complexity index is 200. The van der Waals surface area contributed by atoms with Crippen molar-refractivity contribution in [2.24, 2.45) is 4.99 Å². The van der Waals surface area contributed by atoms with Gasteiger partial charge in [-0.25, -0.2) is 0 Å². The van der Waals surface area contributed by atoms with E-state index < -0.39 is 0 Å². The predicted octanol–water partition coefficient (Wildman–Crippen LogP) is 1.02. The highest BCUT2D eigenvalue weighted by molar-refractivity contribution is 5.85. The number of hydrogen-bond donors (Lipinski definition) is 0. The van der Waals surface area contributed by atoms with Gasteiger partial charge in [-0.15, -0.1) is 0 Å². The number of aliphatic imine (C=N–C) groups is 1. The summed E-state index contributed by atoms with van der Waals surface area (Å²) in [7, 11) is 0. The van der Waals surface area contributed by atoms with Crippen LogP contribution in [0.4, 0.5) is 0 Å². The summed E-state index contributed by atoms with van der Waals surface area (Å²) in [5.41, 5.74) is 0. The van der Waals surface area contributed by atoms with Gasteiger partial charge in [-0.3, -0.25) is 4.99 Å². The minimum Gasteiger partial charge on any atom is -0.355 e. The monoisotopic (exact) mass is 151 g/mol. The molecule has 0 bridgehead atoms. The first-order valence-electron chi connectivity index (χ1n) is 3.92. The van der Waals surface area contributed by atoms with Crippen molar-refractivity contribution in [3.63, 3.8) is 0 Å². The summed E-state index contributed by atoms with van der Waals surface area (Å²) >= 11 is 0. The molecule has 3 nitrogen and oxygen atoms in total. The van der Waals surface area contributed by atoms with E-state index in [4.69, 9.17) is 5.26 Å². The number of hydrogen-bond acceptors (Lipinski definition) is 3. The number of nitrogens with zero attached hydrogens (tertiary/aromatic N) is 3. The first-order chi connectivity index (χ1) is 5.25. The van der Waals surface area contributed by atoms with Gasteiger partial charge in [0.15, 0.2) is 0 Å². The molecular weight excluding hydrogens is 138 g/mol. The average Bonchev–Trinajstić information content (AvgIpc) is 2.36. The van der Waals surface area contributed by atoms with Crippen LogP contribution in [0.5, 0.6) is 0 Å². The molecule has 0 aromatic rings. The van der Waals surface area contributed by atoms with E-state index in [2.05, 4.69) is 29.8 Å². The lowest BCUT2D eigenvalue weighted by atomic mass is 10.3. The van der Waals surface area contributed by atoms with Gasteiger partial charge < -0.3 is 4.90 Å². The second-order valence-corrected chi connectivity index (χ2v) is 2.92. The lowest BCUT2D eigenvalue weighted by Gasteiger charge is -2.23. The Morgan fingerprint density at radius 1 is 1.73 bits per heavy atom. The number of rotatable bonds is 2. The largest absolute Gasteiger partial charge is 0.355 e. The van der Waals surface area contributed by atoms with Crippen LogP contribution in [0, 0.1) is 11.3 Å². The van der Waals surface area contributed by atoms with Crippen molar-refractivity contribution in [2.45, 2.75) is 26.3 Å². The van der Waals surface area contributed by atoms with Gasteiger partial charge >= 0.3 is 0 Å². The van der Waals surface area contributed by atoms with Gasteiger partial charge in [-0.2, -0.15) is 5.26 Å². The highest BCUT2D eigenvalue weighted by Crippen LogP contribution is 2.08. The predicted molar refractivity (Wildman–Crippen MR) is 44.4 cm³/mol. The summed E-state index contributed by atoms with van der Waals surface area (Å²) in [5, 5.41) is 8.47. The molecule has 3 heteroatoms. The van der Waals surface area contributed by atoms with Gasteiger partial charge in [0.2, 0.25) is 0 Å². The Hall–Kier alpha value is -1.04. The van der Waals surface area contributed by atoms with Crippen LogP contribution < -0.4 is 0 Å². The summed E-state index contributed by atoms with van der Waals surface area (Å²) < 4.78 is 0. The van der Waals surface area contributed by atoms with Gasteiger partial charge in [0.1, 0.15) is 5.84 Å². The molecule has 0 saturated carbocycles. The summed E-state index contributed by atoms with van der Waals surface area (Å²) in [6, 6.07) is 2.60. The smallest absolute Gasteiger partial charge is 0.113 e. The van der Waals surface area contributed by atoms with Gasteiger partial charge in [-0.05, 0) is 13.8 Å². The molecule has 1 aliphatic heterocycles. The maximum Gasteiger partial charge on any atom is 0.113 e. The van der Waals surface area contributed by atoms with Crippen molar-refractivity contribution < 1.29 is 0 Å². The fourth-order valence-corrected chi connectivity index (χ4v) is 1.29. The molecule has 0 radical (unpaired) electrons. The Labute approximate surface area is 67.3 Å². The van der Waals surface area contributed by atoms with Crippen molar-refractivity contribution in [3.05, 3.63) is 0 Å². The quantitative estimate of drug-likeness (QED) is 0.591. The van der Waals surface area contributed by atoms with E-state index in [0.717, 1.165) is 18.9 Å². The third-order valence-corrected chi connectivity index (χ3v) is 1.83. The highest BCUT2D eigenvalue weighted by atomic mass is 15.2. The summed E-state index contributed by atoms with van der Waals surface area (Å²) in [5.74, 6) is 0.961. The molecule has 0 saturated heterocycles. The SMILES string of the molecule is CC(C)N1CCN=C1CC#N. The fourth-order valence-electron chi connectivity index (χ4n) is 1.29. The minimum atomic E-state index is 0.457. The zero-order valence-electron chi connectivity index (χ0n) is 7.04. The third kappa shape index (κ3) is 1.70. The van der Waals surface area contributed by atoms with Gasteiger partial charge in [0.05, 0.1) is 19.0 Å². The lowest BCUT2D eigenvalue weighted by molar-refractivity contribution is 0.377. The van der Waals surface area contributed by atoms with Crippen molar-refractivity contribution in [1.82, 2.24) is 4.90 Å².